The number of carbonyl (C=O) groups is 1. The van der Waals surface area contributed by atoms with Crippen LogP contribution in [0.3, 0.4) is 0 Å². The molecule has 31 heavy (non-hydrogen) atoms. The summed E-state index contributed by atoms with van der Waals surface area (Å²) in [5.41, 5.74) is 1.80. The molecule has 9 heteroatoms. The summed E-state index contributed by atoms with van der Waals surface area (Å²) in [5, 5.41) is 2.87. The summed E-state index contributed by atoms with van der Waals surface area (Å²) in [6.45, 7) is 5.25. The highest BCUT2D eigenvalue weighted by Crippen LogP contribution is 2.20. The highest BCUT2D eigenvalue weighted by molar-refractivity contribution is 7.89. The van der Waals surface area contributed by atoms with E-state index in [1.165, 1.54) is 9.99 Å². The van der Waals surface area contributed by atoms with Gasteiger partial charge in [0.05, 0.1) is 24.7 Å². The zero-order chi connectivity index (χ0) is 21.7. The summed E-state index contributed by atoms with van der Waals surface area (Å²) in [4.78, 5) is 17.1. The Labute approximate surface area is 183 Å². The van der Waals surface area contributed by atoms with Crippen molar-refractivity contribution in [2.45, 2.75) is 4.90 Å². The van der Waals surface area contributed by atoms with Gasteiger partial charge in [0.1, 0.15) is 0 Å². The number of carbonyl (C=O) groups excluding carboxylic acids is 1. The van der Waals surface area contributed by atoms with Crippen molar-refractivity contribution < 1.29 is 17.9 Å². The van der Waals surface area contributed by atoms with Crippen LogP contribution in [0.2, 0.25) is 0 Å². The summed E-state index contributed by atoms with van der Waals surface area (Å²) in [6, 6.07) is 16.6. The van der Waals surface area contributed by atoms with Gasteiger partial charge in [0.25, 0.3) is 0 Å². The summed E-state index contributed by atoms with van der Waals surface area (Å²) < 4.78 is 32.0. The Hall–Kier alpha value is -2.46. The zero-order valence-corrected chi connectivity index (χ0v) is 18.3. The Morgan fingerprint density at radius 3 is 2.16 bits per heavy atom. The Morgan fingerprint density at radius 2 is 1.52 bits per heavy atom. The summed E-state index contributed by atoms with van der Waals surface area (Å²) >= 11 is 0. The third kappa shape index (κ3) is 5.43. The standard InChI is InChI=1S/C22H28N4O4S/c27-22(18-24-10-12-25(13-11-24)20-4-2-1-3-5-20)23-19-6-8-21(9-7-19)31(28,29)26-14-16-30-17-15-26/h1-9H,10-18H2,(H,23,27). The fourth-order valence-electron chi connectivity index (χ4n) is 3.85. The topological polar surface area (TPSA) is 82.2 Å². The Balaban J connectivity index is 1.27. The minimum atomic E-state index is -3.53. The number of anilines is 2. The van der Waals surface area contributed by atoms with Crippen LogP contribution in [0, 0.1) is 0 Å². The minimum absolute atomic E-state index is 0.100. The van der Waals surface area contributed by atoms with Crippen molar-refractivity contribution in [1.29, 1.82) is 0 Å². The maximum absolute atomic E-state index is 12.7. The third-order valence-corrected chi connectivity index (χ3v) is 7.52. The van der Waals surface area contributed by atoms with Gasteiger partial charge in [-0.2, -0.15) is 4.31 Å². The molecule has 2 aromatic carbocycles. The molecule has 1 N–H and O–H groups in total. The molecule has 4 rings (SSSR count). The molecule has 0 spiro atoms. The van der Waals surface area contributed by atoms with Crippen LogP contribution in [0.1, 0.15) is 0 Å². The average Bonchev–Trinajstić information content (AvgIpc) is 2.81. The van der Waals surface area contributed by atoms with E-state index in [-0.39, 0.29) is 10.8 Å². The van der Waals surface area contributed by atoms with Crippen LogP contribution >= 0.6 is 0 Å². The maximum Gasteiger partial charge on any atom is 0.243 e. The van der Waals surface area contributed by atoms with E-state index in [2.05, 4.69) is 27.2 Å². The molecule has 2 heterocycles. The number of sulfonamides is 1. The predicted molar refractivity (Wildman–Crippen MR) is 120 cm³/mol. The lowest BCUT2D eigenvalue weighted by molar-refractivity contribution is -0.117. The van der Waals surface area contributed by atoms with Gasteiger partial charge in [-0.1, -0.05) is 18.2 Å². The lowest BCUT2D eigenvalue weighted by Crippen LogP contribution is -2.48. The van der Waals surface area contributed by atoms with Crippen LogP contribution in [-0.2, 0) is 19.6 Å². The Morgan fingerprint density at radius 1 is 0.871 bits per heavy atom. The van der Waals surface area contributed by atoms with Crippen molar-refractivity contribution in [3.05, 3.63) is 54.6 Å². The molecule has 0 bridgehead atoms. The number of ether oxygens (including phenoxy) is 1. The summed E-state index contributed by atoms with van der Waals surface area (Å²) in [5.74, 6) is -0.100. The molecule has 0 aromatic heterocycles. The van der Waals surface area contributed by atoms with Gasteiger partial charge in [-0.15, -0.1) is 0 Å². The molecule has 166 valence electrons. The molecule has 1 amide bonds. The van der Waals surface area contributed by atoms with Crippen LogP contribution in [0.15, 0.2) is 59.5 Å². The summed E-state index contributed by atoms with van der Waals surface area (Å²) in [6.07, 6.45) is 0. The number of hydrogen-bond donors (Lipinski definition) is 1. The lowest BCUT2D eigenvalue weighted by atomic mass is 10.2. The molecule has 8 nitrogen and oxygen atoms in total. The van der Waals surface area contributed by atoms with Crippen LogP contribution in [0.5, 0.6) is 0 Å². The molecule has 2 aliphatic rings. The second-order valence-electron chi connectivity index (χ2n) is 7.69. The first-order chi connectivity index (χ1) is 15.0. The van der Waals surface area contributed by atoms with E-state index in [1.807, 2.05) is 18.2 Å². The first-order valence-electron chi connectivity index (χ1n) is 10.5. The third-order valence-electron chi connectivity index (χ3n) is 5.61. The van der Waals surface area contributed by atoms with E-state index in [9.17, 15) is 13.2 Å². The van der Waals surface area contributed by atoms with Gasteiger partial charge in [0.15, 0.2) is 0 Å². The van der Waals surface area contributed by atoms with Crippen molar-refractivity contribution in [3.63, 3.8) is 0 Å². The molecule has 2 aliphatic heterocycles. The first kappa shape index (κ1) is 21.8. The molecule has 0 radical (unpaired) electrons. The van der Waals surface area contributed by atoms with E-state index in [0.717, 1.165) is 26.2 Å². The molecule has 0 atom stereocenters. The Kier molecular flexibility index (Phi) is 6.86. The average molecular weight is 445 g/mol. The van der Waals surface area contributed by atoms with Gasteiger partial charge in [-0.05, 0) is 36.4 Å². The molecular weight excluding hydrogens is 416 g/mol. The highest BCUT2D eigenvalue weighted by atomic mass is 32.2. The predicted octanol–water partition coefficient (Wildman–Crippen LogP) is 1.47. The van der Waals surface area contributed by atoms with Crippen molar-refractivity contribution in [2.75, 3.05) is 69.2 Å². The van der Waals surface area contributed by atoms with Crippen molar-refractivity contribution in [3.8, 4) is 0 Å². The van der Waals surface area contributed by atoms with Crippen LogP contribution in [0.4, 0.5) is 11.4 Å². The summed E-state index contributed by atoms with van der Waals surface area (Å²) in [7, 11) is -3.53. The zero-order valence-electron chi connectivity index (χ0n) is 17.4. The van der Waals surface area contributed by atoms with Gasteiger partial charge in [0.2, 0.25) is 15.9 Å². The lowest BCUT2D eigenvalue weighted by Gasteiger charge is -2.35. The number of piperazine rings is 1. The monoisotopic (exact) mass is 444 g/mol. The van der Waals surface area contributed by atoms with E-state index >= 15 is 0 Å². The number of nitrogens with one attached hydrogen (secondary N) is 1. The Bertz CT molecular complexity index is 968. The molecule has 2 saturated heterocycles. The molecule has 0 aliphatic carbocycles. The van der Waals surface area contributed by atoms with Gasteiger partial charge in [-0.25, -0.2) is 8.42 Å². The van der Waals surface area contributed by atoms with E-state index in [4.69, 9.17) is 4.74 Å². The largest absolute Gasteiger partial charge is 0.379 e. The second kappa shape index (κ2) is 9.78. The highest BCUT2D eigenvalue weighted by Gasteiger charge is 2.26. The fraction of sp³-hybridized carbons (Fsp3) is 0.409. The smallest absolute Gasteiger partial charge is 0.243 e. The van der Waals surface area contributed by atoms with E-state index in [0.29, 0.717) is 38.5 Å². The number of amides is 1. The maximum atomic E-state index is 12.7. The number of hydrogen-bond acceptors (Lipinski definition) is 6. The van der Waals surface area contributed by atoms with Crippen LogP contribution in [0.25, 0.3) is 0 Å². The second-order valence-corrected chi connectivity index (χ2v) is 9.63. The molecule has 2 aromatic rings. The van der Waals surface area contributed by atoms with Crippen LogP contribution in [-0.4, -0.2) is 82.6 Å². The number of para-hydroxylation sites is 1. The van der Waals surface area contributed by atoms with Gasteiger partial charge in [-0.3, -0.25) is 9.69 Å². The van der Waals surface area contributed by atoms with Crippen molar-refractivity contribution in [1.82, 2.24) is 9.21 Å². The number of rotatable bonds is 6. The quantitative estimate of drug-likeness (QED) is 0.727. The van der Waals surface area contributed by atoms with Gasteiger partial charge < -0.3 is 15.0 Å². The number of nitrogens with zero attached hydrogens (tertiary/aromatic N) is 3. The SMILES string of the molecule is O=C(CN1CCN(c2ccccc2)CC1)Nc1ccc(S(=O)(=O)N2CCOCC2)cc1. The van der Waals surface area contributed by atoms with Gasteiger partial charge in [0, 0.05) is 50.6 Å². The van der Waals surface area contributed by atoms with E-state index in [1.54, 1.807) is 24.3 Å². The first-order valence-corrected chi connectivity index (χ1v) is 12.0. The van der Waals surface area contributed by atoms with E-state index < -0.39 is 10.0 Å². The number of morpholine rings is 1. The van der Waals surface area contributed by atoms with Crippen LogP contribution < -0.4 is 10.2 Å². The normalized spacial score (nSPS) is 18.6. The minimum Gasteiger partial charge on any atom is -0.379 e. The number of benzene rings is 2. The molecular formula is C22H28N4O4S. The molecule has 0 saturated carbocycles. The van der Waals surface area contributed by atoms with Crippen molar-refractivity contribution in [2.24, 2.45) is 0 Å². The van der Waals surface area contributed by atoms with Crippen molar-refractivity contribution >= 4 is 27.3 Å². The molecule has 0 unspecified atom stereocenters. The van der Waals surface area contributed by atoms with Gasteiger partial charge >= 0.3 is 0 Å². The fourth-order valence-corrected chi connectivity index (χ4v) is 5.26. The molecule has 2 fully saturated rings.